The molecule has 0 aromatic heterocycles. The molecule has 0 heterocycles. The van der Waals surface area contributed by atoms with E-state index in [0.717, 1.165) is 30.1 Å². The summed E-state index contributed by atoms with van der Waals surface area (Å²) in [4.78, 5) is 2.35. The number of hydrogen-bond acceptors (Lipinski definition) is 2. The van der Waals surface area contributed by atoms with Gasteiger partial charge >= 0.3 is 0 Å². The topological polar surface area (TPSA) is 23.5 Å². The lowest BCUT2D eigenvalue weighted by atomic mass is 10.1. The molecule has 1 aromatic rings. The van der Waals surface area contributed by atoms with Crippen molar-refractivity contribution in [1.82, 2.24) is 4.90 Å². The van der Waals surface area contributed by atoms with E-state index in [1.54, 1.807) is 18.2 Å². The van der Waals surface area contributed by atoms with Crippen molar-refractivity contribution in [3.63, 3.8) is 0 Å². The maximum atomic E-state index is 9.44. The van der Waals surface area contributed by atoms with Gasteiger partial charge in [-0.2, -0.15) is 0 Å². The Morgan fingerprint density at radius 2 is 2.06 bits per heavy atom. The van der Waals surface area contributed by atoms with Crippen molar-refractivity contribution < 1.29 is 5.11 Å². The summed E-state index contributed by atoms with van der Waals surface area (Å²) in [6.07, 6.45) is 1.12. The molecule has 0 bridgehead atoms. The fourth-order valence-electron chi connectivity index (χ4n) is 1.74. The molecule has 1 rings (SSSR count). The molecular weight excluding hydrogens is 222 g/mol. The number of halogens is 1. The van der Waals surface area contributed by atoms with E-state index < -0.39 is 0 Å². The third-order valence-corrected chi connectivity index (χ3v) is 3.39. The Labute approximate surface area is 103 Å². The molecule has 90 valence electrons. The Kier molecular flexibility index (Phi) is 5.10. The molecule has 0 aliphatic heterocycles. The van der Waals surface area contributed by atoms with Crippen LogP contribution in [0.1, 0.15) is 32.8 Å². The van der Waals surface area contributed by atoms with E-state index in [2.05, 4.69) is 25.7 Å². The summed E-state index contributed by atoms with van der Waals surface area (Å²) in [5, 5.41) is 10.2. The van der Waals surface area contributed by atoms with Crippen LogP contribution >= 0.6 is 11.6 Å². The van der Waals surface area contributed by atoms with E-state index in [1.807, 2.05) is 0 Å². The Hall–Kier alpha value is -0.730. The predicted octanol–water partition coefficient (Wildman–Crippen LogP) is 3.67. The van der Waals surface area contributed by atoms with Crippen LogP contribution in [0.25, 0.3) is 0 Å². The third-order valence-electron chi connectivity index (χ3n) is 3.02. The molecule has 2 nitrogen and oxygen atoms in total. The first-order valence-corrected chi connectivity index (χ1v) is 6.17. The third kappa shape index (κ3) is 3.39. The summed E-state index contributed by atoms with van der Waals surface area (Å²) in [5.41, 5.74) is 0.990. The van der Waals surface area contributed by atoms with Crippen molar-refractivity contribution >= 4 is 11.6 Å². The van der Waals surface area contributed by atoms with Gasteiger partial charge < -0.3 is 5.11 Å². The van der Waals surface area contributed by atoms with Gasteiger partial charge in [0.05, 0.1) is 0 Å². The van der Waals surface area contributed by atoms with E-state index in [4.69, 9.17) is 11.6 Å². The fraction of sp³-hybridized carbons (Fsp3) is 0.538. The van der Waals surface area contributed by atoms with Gasteiger partial charge in [-0.1, -0.05) is 25.4 Å². The monoisotopic (exact) mass is 241 g/mol. The molecule has 1 aromatic carbocycles. The summed E-state index contributed by atoms with van der Waals surface area (Å²) in [7, 11) is 0. The van der Waals surface area contributed by atoms with Crippen LogP contribution in [0.5, 0.6) is 5.75 Å². The number of phenols is 1. The van der Waals surface area contributed by atoms with Crippen LogP contribution in [0.3, 0.4) is 0 Å². The highest BCUT2D eigenvalue weighted by molar-refractivity contribution is 6.31. The predicted molar refractivity (Wildman–Crippen MR) is 69.0 cm³/mol. The zero-order chi connectivity index (χ0) is 12.1. The summed E-state index contributed by atoms with van der Waals surface area (Å²) >= 11 is 6.11. The second-order valence-corrected chi connectivity index (χ2v) is 4.50. The minimum atomic E-state index is 0.277. The lowest BCUT2D eigenvalue weighted by molar-refractivity contribution is 0.206. The highest BCUT2D eigenvalue weighted by Gasteiger charge is 2.12. The molecule has 0 fully saturated rings. The maximum Gasteiger partial charge on any atom is 0.116 e. The van der Waals surface area contributed by atoms with E-state index in [0.29, 0.717) is 6.04 Å². The van der Waals surface area contributed by atoms with Crippen LogP contribution < -0.4 is 0 Å². The van der Waals surface area contributed by atoms with Crippen molar-refractivity contribution in [2.24, 2.45) is 0 Å². The largest absolute Gasteiger partial charge is 0.508 e. The first-order chi connectivity index (χ1) is 7.58. The summed E-state index contributed by atoms with van der Waals surface area (Å²) in [5.74, 6) is 0.277. The Morgan fingerprint density at radius 1 is 1.38 bits per heavy atom. The molecule has 0 radical (unpaired) electrons. The first kappa shape index (κ1) is 13.3. The van der Waals surface area contributed by atoms with E-state index >= 15 is 0 Å². The van der Waals surface area contributed by atoms with E-state index in [1.165, 1.54) is 0 Å². The average molecular weight is 242 g/mol. The minimum Gasteiger partial charge on any atom is -0.508 e. The number of benzene rings is 1. The molecule has 0 saturated carbocycles. The summed E-state index contributed by atoms with van der Waals surface area (Å²) in [6.45, 7) is 8.31. The van der Waals surface area contributed by atoms with Gasteiger partial charge in [0.1, 0.15) is 5.75 Å². The van der Waals surface area contributed by atoms with Gasteiger partial charge in [0.15, 0.2) is 0 Å². The molecule has 0 spiro atoms. The molecule has 1 N–H and O–H groups in total. The lowest BCUT2D eigenvalue weighted by Gasteiger charge is -2.27. The van der Waals surface area contributed by atoms with Gasteiger partial charge in [-0.15, -0.1) is 0 Å². The Bertz CT molecular complexity index is 341. The molecule has 0 saturated heterocycles. The molecule has 1 unspecified atom stereocenters. The molecule has 0 aliphatic rings. The molecule has 1 atom stereocenters. The van der Waals surface area contributed by atoms with Crippen LogP contribution in [0, 0.1) is 0 Å². The second-order valence-electron chi connectivity index (χ2n) is 4.10. The highest BCUT2D eigenvalue weighted by atomic mass is 35.5. The smallest absolute Gasteiger partial charge is 0.116 e. The zero-order valence-electron chi connectivity index (χ0n) is 10.2. The van der Waals surface area contributed by atoms with Crippen molar-refractivity contribution in [2.45, 2.75) is 39.8 Å². The normalized spacial score (nSPS) is 13.1. The summed E-state index contributed by atoms with van der Waals surface area (Å²) in [6, 6.07) is 5.64. The molecule has 0 amide bonds. The van der Waals surface area contributed by atoms with Gasteiger partial charge in [-0.3, -0.25) is 4.90 Å². The Balaban J connectivity index is 2.81. The quantitative estimate of drug-likeness (QED) is 0.851. The molecule has 16 heavy (non-hydrogen) atoms. The van der Waals surface area contributed by atoms with Gasteiger partial charge in [0.25, 0.3) is 0 Å². The standard InChI is InChI=1S/C13H20ClNO/c1-4-10(3)15(5-2)9-11-8-12(16)6-7-13(11)14/h6-8,10,16H,4-5,9H2,1-3H3. The van der Waals surface area contributed by atoms with Crippen molar-refractivity contribution in [2.75, 3.05) is 6.54 Å². The van der Waals surface area contributed by atoms with E-state index in [9.17, 15) is 5.11 Å². The highest BCUT2D eigenvalue weighted by Crippen LogP contribution is 2.23. The minimum absolute atomic E-state index is 0.277. The van der Waals surface area contributed by atoms with Gasteiger partial charge in [-0.25, -0.2) is 0 Å². The Morgan fingerprint density at radius 3 is 2.62 bits per heavy atom. The lowest BCUT2D eigenvalue weighted by Crippen LogP contribution is -2.31. The van der Waals surface area contributed by atoms with Gasteiger partial charge in [0.2, 0.25) is 0 Å². The first-order valence-electron chi connectivity index (χ1n) is 5.79. The van der Waals surface area contributed by atoms with Crippen molar-refractivity contribution in [3.8, 4) is 5.75 Å². The zero-order valence-corrected chi connectivity index (χ0v) is 11.0. The number of rotatable bonds is 5. The molecule has 0 aliphatic carbocycles. The second kappa shape index (κ2) is 6.12. The van der Waals surface area contributed by atoms with Crippen molar-refractivity contribution in [3.05, 3.63) is 28.8 Å². The number of hydrogen-bond donors (Lipinski definition) is 1. The van der Waals surface area contributed by atoms with Crippen LogP contribution in [0.15, 0.2) is 18.2 Å². The number of nitrogens with zero attached hydrogens (tertiary/aromatic N) is 1. The number of phenolic OH excluding ortho intramolecular Hbond substituents is 1. The van der Waals surface area contributed by atoms with Gasteiger partial charge in [0, 0.05) is 17.6 Å². The molecule has 3 heteroatoms. The SMILES string of the molecule is CCC(C)N(CC)Cc1cc(O)ccc1Cl. The maximum absolute atomic E-state index is 9.44. The molecular formula is C13H20ClNO. The summed E-state index contributed by atoms with van der Waals surface area (Å²) < 4.78 is 0. The van der Waals surface area contributed by atoms with Crippen LogP contribution in [-0.2, 0) is 6.54 Å². The van der Waals surface area contributed by atoms with Crippen LogP contribution in [0.4, 0.5) is 0 Å². The van der Waals surface area contributed by atoms with Gasteiger partial charge in [-0.05, 0) is 43.7 Å². The van der Waals surface area contributed by atoms with Crippen LogP contribution in [0.2, 0.25) is 5.02 Å². The van der Waals surface area contributed by atoms with E-state index in [-0.39, 0.29) is 5.75 Å². The average Bonchev–Trinajstić information content (AvgIpc) is 2.29. The van der Waals surface area contributed by atoms with Crippen LogP contribution in [-0.4, -0.2) is 22.6 Å². The number of aromatic hydroxyl groups is 1. The fourth-order valence-corrected chi connectivity index (χ4v) is 1.92. The van der Waals surface area contributed by atoms with Crippen molar-refractivity contribution in [1.29, 1.82) is 0 Å².